The van der Waals surface area contributed by atoms with Crippen LogP contribution < -0.4 is 10.6 Å². The molecule has 0 radical (unpaired) electrons. The summed E-state index contributed by atoms with van der Waals surface area (Å²) >= 11 is 0. The van der Waals surface area contributed by atoms with Crippen molar-refractivity contribution < 1.29 is 18.0 Å². The van der Waals surface area contributed by atoms with Crippen LogP contribution in [0, 0.1) is 0 Å². The number of carbonyl (C=O) groups is 1. The highest BCUT2D eigenvalue weighted by Gasteiger charge is 2.30. The summed E-state index contributed by atoms with van der Waals surface area (Å²) in [7, 11) is 0. The summed E-state index contributed by atoms with van der Waals surface area (Å²) in [4.78, 5) is 15.8. The molecule has 1 aromatic heterocycles. The lowest BCUT2D eigenvalue weighted by Gasteiger charge is -2.15. The first kappa shape index (κ1) is 15.8. The van der Waals surface area contributed by atoms with Crippen LogP contribution in [-0.2, 0) is 6.18 Å². The van der Waals surface area contributed by atoms with Crippen LogP contribution in [0.25, 0.3) is 0 Å². The molecule has 1 heterocycles. The van der Waals surface area contributed by atoms with E-state index in [0.717, 1.165) is 17.7 Å². The van der Waals surface area contributed by atoms with Crippen LogP contribution >= 0.6 is 0 Å². The maximum atomic E-state index is 12.6. The zero-order chi connectivity index (χ0) is 16.2. The highest BCUT2D eigenvalue weighted by atomic mass is 19.4. The average molecular weight is 309 g/mol. The van der Waals surface area contributed by atoms with Crippen LogP contribution in [0.3, 0.4) is 0 Å². The van der Waals surface area contributed by atoms with E-state index in [0.29, 0.717) is 0 Å². The summed E-state index contributed by atoms with van der Waals surface area (Å²) in [5.41, 5.74) is 0.0537. The standard InChI is InChI=1S/C15H14F3N3O/c1-10(11-4-3-7-19-9-11)20-14(22)21-13-6-2-5-12(8-13)15(16,17)18/h2-10H,1H3,(H2,20,21,22)/t10-/m0/s1. The van der Waals surface area contributed by atoms with Gasteiger partial charge in [0.1, 0.15) is 0 Å². The lowest BCUT2D eigenvalue weighted by Crippen LogP contribution is -2.31. The number of anilines is 1. The highest BCUT2D eigenvalue weighted by Crippen LogP contribution is 2.30. The number of pyridine rings is 1. The molecule has 1 aromatic carbocycles. The summed E-state index contributed by atoms with van der Waals surface area (Å²) in [5.74, 6) is 0. The van der Waals surface area contributed by atoms with E-state index in [1.54, 1.807) is 31.5 Å². The Labute approximate surface area is 125 Å². The molecule has 0 saturated carbocycles. The molecule has 0 spiro atoms. The molecule has 2 aromatic rings. The van der Waals surface area contributed by atoms with Crippen molar-refractivity contribution in [2.24, 2.45) is 0 Å². The first-order valence-electron chi connectivity index (χ1n) is 6.51. The van der Waals surface area contributed by atoms with Gasteiger partial charge in [0.2, 0.25) is 0 Å². The monoisotopic (exact) mass is 309 g/mol. The minimum atomic E-state index is -4.45. The fraction of sp³-hybridized carbons (Fsp3) is 0.200. The minimum Gasteiger partial charge on any atom is -0.331 e. The SMILES string of the molecule is C[C@H](NC(=O)Nc1cccc(C(F)(F)F)c1)c1cccnc1. The molecule has 2 rings (SSSR count). The largest absolute Gasteiger partial charge is 0.416 e. The van der Waals surface area contributed by atoms with Crippen molar-refractivity contribution in [1.82, 2.24) is 10.3 Å². The number of alkyl halides is 3. The van der Waals surface area contributed by atoms with Crippen LogP contribution in [0.1, 0.15) is 24.1 Å². The molecule has 1 atom stereocenters. The van der Waals surface area contributed by atoms with Crippen molar-refractivity contribution in [1.29, 1.82) is 0 Å². The molecule has 7 heteroatoms. The predicted molar refractivity (Wildman–Crippen MR) is 76.3 cm³/mol. The second-order valence-electron chi connectivity index (χ2n) is 4.69. The molecule has 0 bridgehead atoms. The molecule has 0 unspecified atom stereocenters. The van der Waals surface area contributed by atoms with Gasteiger partial charge in [-0.15, -0.1) is 0 Å². The molecule has 2 amide bonds. The summed E-state index contributed by atoms with van der Waals surface area (Å²) in [6.07, 6.45) is -1.23. The molecule has 0 aliphatic carbocycles. The molecule has 0 aliphatic heterocycles. The van der Waals surface area contributed by atoms with E-state index >= 15 is 0 Å². The first-order chi connectivity index (χ1) is 10.4. The lowest BCUT2D eigenvalue weighted by atomic mass is 10.1. The van der Waals surface area contributed by atoms with E-state index in [1.807, 2.05) is 0 Å². The Balaban J connectivity index is 2.01. The summed E-state index contributed by atoms with van der Waals surface area (Å²) in [6, 6.07) is 7.08. The Bertz CT molecular complexity index is 644. The van der Waals surface area contributed by atoms with Crippen molar-refractivity contribution in [2.45, 2.75) is 19.1 Å². The molecule has 4 nitrogen and oxygen atoms in total. The van der Waals surface area contributed by atoms with Crippen molar-refractivity contribution in [3.8, 4) is 0 Å². The fourth-order valence-corrected chi connectivity index (χ4v) is 1.85. The Morgan fingerprint density at radius 2 is 2.00 bits per heavy atom. The Kier molecular flexibility index (Phi) is 4.65. The number of rotatable bonds is 3. The smallest absolute Gasteiger partial charge is 0.331 e. The van der Waals surface area contributed by atoms with E-state index in [9.17, 15) is 18.0 Å². The number of nitrogens with zero attached hydrogens (tertiary/aromatic N) is 1. The van der Waals surface area contributed by atoms with Crippen molar-refractivity contribution in [2.75, 3.05) is 5.32 Å². The molecule has 0 fully saturated rings. The van der Waals surface area contributed by atoms with Crippen LogP contribution in [0.15, 0.2) is 48.8 Å². The summed E-state index contributed by atoms with van der Waals surface area (Å²) in [6.45, 7) is 1.75. The van der Waals surface area contributed by atoms with Gasteiger partial charge in [-0.25, -0.2) is 4.79 Å². The zero-order valence-corrected chi connectivity index (χ0v) is 11.7. The van der Waals surface area contributed by atoms with Gasteiger partial charge in [-0.1, -0.05) is 12.1 Å². The van der Waals surface area contributed by atoms with Crippen molar-refractivity contribution in [3.63, 3.8) is 0 Å². The normalized spacial score (nSPS) is 12.5. The summed E-state index contributed by atoms with van der Waals surface area (Å²) < 4.78 is 37.8. The zero-order valence-electron chi connectivity index (χ0n) is 11.7. The maximum absolute atomic E-state index is 12.6. The van der Waals surface area contributed by atoms with Crippen molar-refractivity contribution in [3.05, 3.63) is 59.9 Å². The van der Waals surface area contributed by atoms with Crippen molar-refractivity contribution >= 4 is 11.7 Å². The van der Waals surface area contributed by atoms with Crippen LogP contribution in [0.4, 0.5) is 23.7 Å². The van der Waals surface area contributed by atoms with Gasteiger partial charge in [0.05, 0.1) is 11.6 Å². The van der Waals surface area contributed by atoms with E-state index in [-0.39, 0.29) is 11.7 Å². The fourth-order valence-electron chi connectivity index (χ4n) is 1.85. The molecular weight excluding hydrogens is 295 g/mol. The number of halogens is 3. The average Bonchev–Trinajstić information content (AvgIpc) is 2.47. The van der Waals surface area contributed by atoms with Gasteiger partial charge in [-0.3, -0.25) is 4.98 Å². The number of hydrogen-bond acceptors (Lipinski definition) is 2. The summed E-state index contributed by atoms with van der Waals surface area (Å²) in [5, 5.41) is 5.02. The number of hydrogen-bond donors (Lipinski definition) is 2. The second kappa shape index (κ2) is 6.46. The number of amides is 2. The second-order valence-corrected chi connectivity index (χ2v) is 4.69. The molecule has 22 heavy (non-hydrogen) atoms. The molecule has 0 saturated heterocycles. The van der Waals surface area contributed by atoms with Gasteiger partial charge < -0.3 is 10.6 Å². The van der Waals surface area contributed by atoms with Crippen LogP contribution in [0.2, 0.25) is 0 Å². The molecule has 0 aliphatic rings. The van der Waals surface area contributed by atoms with Gasteiger partial charge in [-0.05, 0) is 36.8 Å². The van der Waals surface area contributed by atoms with Gasteiger partial charge >= 0.3 is 12.2 Å². The van der Waals surface area contributed by atoms with Gasteiger partial charge in [0, 0.05) is 18.1 Å². The topological polar surface area (TPSA) is 54.0 Å². The van der Waals surface area contributed by atoms with Gasteiger partial charge in [0.25, 0.3) is 0 Å². The van der Waals surface area contributed by atoms with E-state index in [2.05, 4.69) is 15.6 Å². The third-order valence-electron chi connectivity index (χ3n) is 2.98. The third kappa shape index (κ3) is 4.21. The number of carbonyl (C=O) groups excluding carboxylic acids is 1. The minimum absolute atomic E-state index is 0.0747. The molecular formula is C15H14F3N3O. The van der Waals surface area contributed by atoms with Crippen LogP contribution in [0.5, 0.6) is 0 Å². The molecule has 116 valence electrons. The predicted octanol–water partition coefficient (Wildman–Crippen LogP) is 3.98. The Hall–Kier alpha value is -2.57. The van der Waals surface area contributed by atoms with E-state index < -0.39 is 17.8 Å². The number of urea groups is 1. The van der Waals surface area contributed by atoms with Crippen LogP contribution in [-0.4, -0.2) is 11.0 Å². The molecule has 2 N–H and O–H groups in total. The number of nitrogens with one attached hydrogen (secondary N) is 2. The first-order valence-corrected chi connectivity index (χ1v) is 6.51. The van der Waals surface area contributed by atoms with Gasteiger partial charge in [-0.2, -0.15) is 13.2 Å². The maximum Gasteiger partial charge on any atom is 0.416 e. The van der Waals surface area contributed by atoms with E-state index in [1.165, 1.54) is 12.1 Å². The Morgan fingerprint density at radius 3 is 2.64 bits per heavy atom. The van der Waals surface area contributed by atoms with E-state index in [4.69, 9.17) is 0 Å². The lowest BCUT2D eigenvalue weighted by molar-refractivity contribution is -0.137. The number of benzene rings is 1. The Morgan fingerprint density at radius 1 is 1.23 bits per heavy atom. The quantitative estimate of drug-likeness (QED) is 0.901. The number of aromatic nitrogens is 1. The third-order valence-corrected chi connectivity index (χ3v) is 2.98. The highest BCUT2D eigenvalue weighted by molar-refractivity contribution is 5.89. The van der Waals surface area contributed by atoms with Gasteiger partial charge in [0.15, 0.2) is 0 Å².